The van der Waals surface area contributed by atoms with E-state index in [1.54, 1.807) is 12.1 Å². The lowest BCUT2D eigenvalue weighted by atomic mass is 9.73. The van der Waals surface area contributed by atoms with E-state index in [2.05, 4.69) is 24.5 Å². The van der Waals surface area contributed by atoms with Crippen LogP contribution in [0.15, 0.2) is 47.7 Å². The molecule has 0 aromatic heterocycles. The Hall–Kier alpha value is -3.15. The van der Waals surface area contributed by atoms with E-state index >= 15 is 0 Å². The van der Waals surface area contributed by atoms with Crippen LogP contribution in [0.3, 0.4) is 0 Å². The highest BCUT2D eigenvalue weighted by molar-refractivity contribution is 6.01. The smallest absolute Gasteiger partial charge is 0.200 e. The number of phenolic OH excluding ortho intramolecular Hbond substituents is 1. The number of fused-ring (bicyclic) bond motifs is 1. The molecule has 2 aromatic rings. The Morgan fingerprint density at radius 3 is 2.28 bits per heavy atom. The Morgan fingerprint density at radius 1 is 1.03 bits per heavy atom. The monoisotopic (exact) mass is 394 g/mol. The van der Waals surface area contributed by atoms with Gasteiger partial charge in [-0.25, -0.2) is 0 Å². The number of phenols is 1. The fourth-order valence-electron chi connectivity index (χ4n) is 4.22. The molecule has 0 radical (unpaired) electrons. The molecule has 2 aromatic carbocycles. The topological polar surface area (TPSA) is 79.8 Å². The maximum Gasteiger partial charge on any atom is 0.200 e. The molecule has 6 nitrogen and oxygen atoms in total. The lowest BCUT2D eigenvalue weighted by molar-refractivity contribution is -0.118. The number of rotatable bonds is 3. The zero-order chi connectivity index (χ0) is 20.8. The molecular formula is C23H26N2O4. The van der Waals surface area contributed by atoms with Crippen LogP contribution in [0.1, 0.15) is 38.3 Å². The molecule has 4 rings (SSSR count). The quantitative estimate of drug-likeness (QED) is 0.704. The summed E-state index contributed by atoms with van der Waals surface area (Å²) in [4.78, 5) is 13.3. The van der Waals surface area contributed by atoms with E-state index in [9.17, 15) is 9.90 Å². The summed E-state index contributed by atoms with van der Waals surface area (Å²) in [6.45, 7) is 4.23. The van der Waals surface area contributed by atoms with Crippen LogP contribution in [0.4, 0.5) is 11.4 Å². The molecule has 0 saturated carbocycles. The molecule has 3 N–H and O–H groups in total. The molecule has 1 aliphatic carbocycles. The molecule has 6 heteroatoms. The fourth-order valence-corrected chi connectivity index (χ4v) is 4.22. The first-order valence-electron chi connectivity index (χ1n) is 9.66. The first kappa shape index (κ1) is 19.2. The molecular weight excluding hydrogens is 368 g/mol. The van der Waals surface area contributed by atoms with E-state index in [1.807, 2.05) is 24.3 Å². The van der Waals surface area contributed by atoms with Gasteiger partial charge in [0, 0.05) is 17.7 Å². The van der Waals surface area contributed by atoms with Crippen LogP contribution in [0, 0.1) is 5.41 Å². The maximum absolute atomic E-state index is 13.3. The number of hydrogen-bond acceptors (Lipinski definition) is 6. The minimum atomic E-state index is -0.395. The highest BCUT2D eigenvalue weighted by Crippen LogP contribution is 2.47. The van der Waals surface area contributed by atoms with Crippen molar-refractivity contribution in [2.24, 2.45) is 5.41 Å². The molecule has 0 fully saturated rings. The van der Waals surface area contributed by atoms with Gasteiger partial charge in [-0.15, -0.1) is 0 Å². The summed E-state index contributed by atoms with van der Waals surface area (Å²) >= 11 is 0. The van der Waals surface area contributed by atoms with Crippen molar-refractivity contribution in [1.29, 1.82) is 0 Å². The lowest BCUT2D eigenvalue weighted by Gasteiger charge is -2.34. The first-order valence-corrected chi connectivity index (χ1v) is 9.66. The van der Waals surface area contributed by atoms with Crippen molar-refractivity contribution < 1.29 is 19.4 Å². The molecule has 1 atom stereocenters. The highest BCUT2D eigenvalue weighted by Gasteiger charge is 2.39. The summed E-state index contributed by atoms with van der Waals surface area (Å²) < 4.78 is 10.7. The summed E-state index contributed by atoms with van der Waals surface area (Å²) in [5.74, 6) is 0.658. The highest BCUT2D eigenvalue weighted by atomic mass is 16.5. The fraction of sp³-hybridized carbons (Fsp3) is 0.348. The van der Waals surface area contributed by atoms with E-state index in [1.165, 1.54) is 14.2 Å². The number of carbonyl (C=O) groups is 1. The third-order valence-corrected chi connectivity index (χ3v) is 5.56. The number of ether oxygens (including phenoxy) is 2. The number of methoxy groups -OCH3 is 2. The van der Waals surface area contributed by atoms with E-state index in [4.69, 9.17) is 9.47 Å². The van der Waals surface area contributed by atoms with Gasteiger partial charge in [-0.3, -0.25) is 4.79 Å². The van der Waals surface area contributed by atoms with E-state index in [0.29, 0.717) is 17.9 Å². The van der Waals surface area contributed by atoms with Gasteiger partial charge in [0.1, 0.15) is 0 Å². The van der Waals surface area contributed by atoms with Crippen LogP contribution in [-0.4, -0.2) is 25.1 Å². The Morgan fingerprint density at radius 2 is 1.66 bits per heavy atom. The number of Topliss-reactive ketones (excluding diaryl/α,β-unsaturated/α-hetero) is 1. The second-order valence-electron chi connectivity index (χ2n) is 8.36. The van der Waals surface area contributed by atoms with Crippen molar-refractivity contribution in [2.75, 3.05) is 24.9 Å². The summed E-state index contributed by atoms with van der Waals surface area (Å²) in [6, 6.07) is 11.0. The standard InChI is InChI=1S/C23H26N2O4/c1-23(2)11-16-20(17(26)12-23)21(25-15-8-6-5-7-14(15)24-16)13-9-18(28-3)22(27)19(10-13)29-4/h5-10,21,24-25,27H,11-12H2,1-4H3/t21-/m0/s1. The van der Waals surface area contributed by atoms with Crippen molar-refractivity contribution in [3.05, 3.63) is 53.2 Å². The van der Waals surface area contributed by atoms with E-state index in [-0.39, 0.29) is 16.9 Å². The molecule has 0 spiro atoms. The van der Waals surface area contributed by atoms with Crippen molar-refractivity contribution in [2.45, 2.75) is 32.7 Å². The number of carbonyl (C=O) groups excluding carboxylic acids is 1. The number of aromatic hydroxyl groups is 1. The molecule has 1 heterocycles. The van der Waals surface area contributed by atoms with Gasteiger partial charge in [-0.05, 0) is 41.7 Å². The zero-order valence-corrected chi connectivity index (χ0v) is 17.1. The molecule has 29 heavy (non-hydrogen) atoms. The predicted molar refractivity (Wildman–Crippen MR) is 113 cm³/mol. The molecule has 1 aliphatic heterocycles. The van der Waals surface area contributed by atoms with Crippen molar-refractivity contribution in [3.63, 3.8) is 0 Å². The molecule has 0 amide bonds. The van der Waals surface area contributed by atoms with Crippen molar-refractivity contribution in [1.82, 2.24) is 0 Å². The molecule has 2 aliphatic rings. The molecule has 152 valence electrons. The van der Waals surface area contributed by atoms with Gasteiger partial charge in [0.25, 0.3) is 0 Å². The molecule has 0 bridgehead atoms. The summed E-state index contributed by atoms with van der Waals surface area (Å²) in [6.07, 6.45) is 1.25. The number of para-hydroxylation sites is 2. The summed E-state index contributed by atoms with van der Waals surface area (Å²) in [7, 11) is 2.99. The second-order valence-corrected chi connectivity index (χ2v) is 8.36. The van der Waals surface area contributed by atoms with Gasteiger partial charge < -0.3 is 25.2 Å². The van der Waals surface area contributed by atoms with Gasteiger partial charge in [0.05, 0.1) is 31.6 Å². The van der Waals surface area contributed by atoms with Crippen molar-refractivity contribution in [3.8, 4) is 17.2 Å². The maximum atomic E-state index is 13.3. The Kier molecular flexibility index (Phi) is 4.65. The summed E-state index contributed by atoms with van der Waals surface area (Å²) in [5.41, 5.74) is 4.16. The first-order chi connectivity index (χ1) is 13.8. The Balaban J connectivity index is 1.92. The van der Waals surface area contributed by atoms with E-state index in [0.717, 1.165) is 34.6 Å². The third-order valence-electron chi connectivity index (χ3n) is 5.56. The molecule has 0 saturated heterocycles. The van der Waals surface area contributed by atoms with Crippen molar-refractivity contribution >= 4 is 17.2 Å². The number of allylic oxidation sites excluding steroid dienone is 1. The van der Waals surface area contributed by atoms with Crippen LogP contribution >= 0.6 is 0 Å². The second kappa shape index (κ2) is 7.03. The minimum absolute atomic E-state index is 0.0591. The van der Waals surface area contributed by atoms with Crippen LogP contribution in [0.25, 0.3) is 0 Å². The number of hydrogen-bond donors (Lipinski definition) is 3. The van der Waals surface area contributed by atoms with Gasteiger partial charge in [-0.2, -0.15) is 0 Å². The number of ketones is 1. The van der Waals surface area contributed by atoms with Crippen LogP contribution in [0.2, 0.25) is 0 Å². The third kappa shape index (κ3) is 3.39. The zero-order valence-electron chi connectivity index (χ0n) is 17.1. The number of benzene rings is 2. The minimum Gasteiger partial charge on any atom is -0.502 e. The molecule has 0 unspecified atom stereocenters. The predicted octanol–water partition coefficient (Wildman–Crippen LogP) is 4.63. The Labute approximate surface area is 170 Å². The van der Waals surface area contributed by atoms with Crippen LogP contribution < -0.4 is 20.1 Å². The normalized spacial score (nSPS) is 20.0. The number of anilines is 2. The van der Waals surface area contributed by atoms with Gasteiger partial charge in [0.2, 0.25) is 5.75 Å². The largest absolute Gasteiger partial charge is 0.502 e. The number of nitrogens with one attached hydrogen (secondary N) is 2. The van der Waals surface area contributed by atoms with Gasteiger partial charge in [0.15, 0.2) is 17.3 Å². The summed E-state index contributed by atoms with van der Waals surface area (Å²) in [5, 5.41) is 17.3. The Bertz CT molecular complexity index is 985. The lowest BCUT2D eigenvalue weighted by Crippen LogP contribution is -2.31. The van der Waals surface area contributed by atoms with E-state index < -0.39 is 6.04 Å². The van der Waals surface area contributed by atoms with Crippen LogP contribution in [0.5, 0.6) is 17.2 Å². The SMILES string of the molecule is COc1cc([C@@H]2Nc3ccccc3NC3=C2C(=O)CC(C)(C)C3)cc(OC)c1O. The average Bonchev–Trinajstić information content (AvgIpc) is 2.83. The van der Waals surface area contributed by atoms with Gasteiger partial charge in [-0.1, -0.05) is 26.0 Å². The van der Waals surface area contributed by atoms with Crippen LogP contribution in [-0.2, 0) is 4.79 Å². The average molecular weight is 394 g/mol. The van der Waals surface area contributed by atoms with Gasteiger partial charge >= 0.3 is 0 Å².